The molecule has 0 saturated heterocycles. The highest BCUT2D eigenvalue weighted by atomic mass is 19.1. The number of benzene rings is 3. The Kier molecular flexibility index (Phi) is 5.61. The van der Waals surface area contributed by atoms with Gasteiger partial charge in [0.25, 0.3) is 5.91 Å². The van der Waals surface area contributed by atoms with E-state index >= 15 is 0 Å². The molecule has 0 aliphatic rings. The molecule has 3 aromatic carbocycles. The number of fused-ring (bicyclic) bond motifs is 1. The maximum atomic E-state index is 12.9. The Balaban J connectivity index is 1.61. The van der Waals surface area contributed by atoms with Gasteiger partial charge in [0.2, 0.25) is 0 Å². The Bertz CT molecular complexity index is 991. The van der Waals surface area contributed by atoms with Crippen LogP contribution in [-0.4, -0.2) is 18.0 Å². The van der Waals surface area contributed by atoms with Gasteiger partial charge in [-0.15, -0.1) is 0 Å². The summed E-state index contributed by atoms with van der Waals surface area (Å²) in [5, 5.41) is 4.70. The van der Waals surface area contributed by atoms with Gasteiger partial charge in [-0.1, -0.05) is 48.5 Å². The third-order valence-electron chi connectivity index (χ3n) is 3.99. The van der Waals surface area contributed by atoms with Crippen LogP contribution in [0.2, 0.25) is 0 Å². The summed E-state index contributed by atoms with van der Waals surface area (Å²) >= 11 is 0. The topological polar surface area (TPSA) is 55.4 Å². The van der Waals surface area contributed by atoms with Crippen molar-refractivity contribution in [2.75, 3.05) is 5.32 Å². The van der Waals surface area contributed by atoms with Crippen molar-refractivity contribution in [1.82, 2.24) is 0 Å². The smallest absolute Gasteiger partial charge is 0.331 e. The Hall–Kier alpha value is -3.47. The minimum absolute atomic E-state index is 0.353. The Morgan fingerprint density at radius 3 is 2.48 bits per heavy atom. The minimum Gasteiger partial charge on any atom is -0.449 e. The lowest BCUT2D eigenvalue weighted by Crippen LogP contribution is -2.29. The monoisotopic (exact) mass is 363 g/mol. The van der Waals surface area contributed by atoms with Gasteiger partial charge in [-0.05, 0) is 42.1 Å². The fourth-order valence-corrected chi connectivity index (χ4v) is 2.57. The summed E-state index contributed by atoms with van der Waals surface area (Å²) < 4.78 is 18.0. The summed E-state index contributed by atoms with van der Waals surface area (Å²) in [5.41, 5.74) is 1.31. The van der Waals surface area contributed by atoms with Crippen molar-refractivity contribution in [1.29, 1.82) is 0 Å². The molecular weight excluding hydrogens is 345 g/mol. The highest BCUT2D eigenvalue weighted by Gasteiger charge is 2.17. The number of hydrogen-bond donors (Lipinski definition) is 1. The first-order chi connectivity index (χ1) is 13.0. The number of carbonyl (C=O) groups is 2. The number of esters is 1. The van der Waals surface area contributed by atoms with E-state index < -0.39 is 18.0 Å². The second-order valence-corrected chi connectivity index (χ2v) is 5.98. The zero-order chi connectivity index (χ0) is 19.2. The number of hydrogen-bond acceptors (Lipinski definition) is 3. The molecule has 0 aromatic heterocycles. The van der Waals surface area contributed by atoms with E-state index in [1.807, 2.05) is 36.4 Å². The Morgan fingerprint density at radius 1 is 1.00 bits per heavy atom. The molecule has 0 aliphatic heterocycles. The highest BCUT2D eigenvalue weighted by molar-refractivity contribution is 6.04. The van der Waals surface area contributed by atoms with Crippen molar-refractivity contribution in [3.05, 3.63) is 84.2 Å². The van der Waals surface area contributed by atoms with Gasteiger partial charge in [0.1, 0.15) is 5.82 Å². The van der Waals surface area contributed by atoms with Crippen molar-refractivity contribution >= 4 is 34.4 Å². The first-order valence-electron chi connectivity index (χ1n) is 8.46. The average Bonchev–Trinajstić information content (AvgIpc) is 2.68. The molecule has 0 saturated carbocycles. The SMILES string of the molecule is C[C@H](OC(=O)/C=C/c1ccc(F)cc1)C(=O)Nc1cccc2ccccc12. The van der Waals surface area contributed by atoms with E-state index in [1.165, 1.54) is 43.3 Å². The second kappa shape index (κ2) is 8.27. The fourth-order valence-electron chi connectivity index (χ4n) is 2.57. The number of carbonyl (C=O) groups excluding carboxylic acids is 2. The summed E-state index contributed by atoms with van der Waals surface area (Å²) in [6.45, 7) is 1.50. The zero-order valence-electron chi connectivity index (χ0n) is 14.7. The molecule has 0 heterocycles. The molecule has 0 unspecified atom stereocenters. The van der Waals surface area contributed by atoms with Crippen molar-refractivity contribution in [3.63, 3.8) is 0 Å². The third kappa shape index (κ3) is 4.79. The van der Waals surface area contributed by atoms with Crippen LogP contribution in [0.1, 0.15) is 12.5 Å². The first kappa shape index (κ1) is 18.3. The van der Waals surface area contributed by atoms with Crippen LogP contribution < -0.4 is 5.32 Å². The van der Waals surface area contributed by atoms with E-state index in [-0.39, 0.29) is 5.82 Å². The molecule has 0 bridgehead atoms. The summed E-state index contributed by atoms with van der Waals surface area (Å²) in [7, 11) is 0. The Morgan fingerprint density at radius 2 is 1.70 bits per heavy atom. The van der Waals surface area contributed by atoms with Crippen LogP contribution in [0.5, 0.6) is 0 Å². The normalized spacial score (nSPS) is 12.1. The van der Waals surface area contributed by atoms with Crippen LogP contribution >= 0.6 is 0 Å². The van der Waals surface area contributed by atoms with E-state index in [0.29, 0.717) is 11.3 Å². The van der Waals surface area contributed by atoms with Crippen molar-refractivity contribution < 1.29 is 18.7 Å². The van der Waals surface area contributed by atoms with Gasteiger partial charge >= 0.3 is 5.97 Å². The maximum Gasteiger partial charge on any atom is 0.331 e. The van der Waals surface area contributed by atoms with E-state index in [4.69, 9.17) is 4.74 Å². The molecule has 0 spiro atoms. The molecule has 3 aromatic rings. The standard InChI is InChI=1S/C22H18FNO3/c1-15(27-21(25)14-11-16-9-12-18(23)13-10-16)22(26)24-20-8-4-6-17-5-2-3-7-19(17)20/h2-15H,1H3,(H,24,26)/b14-11+/t15-/m0/s1. The van der Waals surface area contributed by atoms with Crippen molar-refractivity contribution in [3.8, 4) is 0 Å². The molecule has 4 nitrogen and oxygen atoms in total. The van der Waals surface area contributed by atoms with E-state index in [0.717, 1.165) is 10.8 Å². The number of nitrogens with one attached hydrogen (secondary N) is 1. The maximum absolute atomic E-state index is 12.9. The van der Waals surface area contributed by atoms with Gasteiger partial charge in [-0.25, -0.2) is 9.18 Å². The van der Waals surface area contributed by atoms with Gasteiger partial charge < -0.3 is 10.1 Å². The van der Waals surface area contributed by atoms with Crippen molar-refractivity contribution in [2.24, 2.45) is 0 Å². The van der Waals surface area contributed by atoms with E-state index in [9.17, 15) is 14.0 Å². The summed E-state index contributed by atoms with van der Waals surface area (Å²) in [4.78, 5) is 24.2. The molecule has 136 valence electrons. The molecule has 5 heteroatoms. The van der Waals surface area contributed by atoms with Gasteiger partial charge in [-0.3, -0.25) is 4.79 Å². The predicted molar refractivity (Wildman–Crippen MR) is 104 cm³/mol. The van der Waals surface area contributed by atoms with Crippen LogP contribution in [0, 0.1) is 5.82 Å². The lowest BCUT2D eigenvalue weighted by Gasteiger charge is -2.13. The van der Waals surface area contributed by atoms with E-state index in [1.54, 1.807) is 6.07 Å². The number of anilines is 1. The van der Waals surface area contributed by atoms with Crippen LogP contribution in [0.3, 0.4) is 0 Å². The molecule has 0 fully saturated rings. The minimum atomic E-state index is -0.964. The molecule has 3 rings (SSSR count). The lowest BCUT2D eigenvalue weighted by atomic mass is 10.1. The highest BCUT2D eigenvalue weighted by Crippen LogP contribution is 2.23. The second-order valence-electron chi connectivity index (χ2n) is 5.98. The largest absolute Gasteiger partial charge is 0.449 e. The number of rotatable bonds is 5. The summed E-state index contributed by atoms with van der Waals surface area (Å²) in [6.07, 6.45) is 1.74. The van der Waals surface area contributed by atoms with Gasteiger partial charge in [-0.2, -0.15) is 0 Å². The molecule has 27 heavy (non-hydrogen) atoms. The summed E-state index contributed by atoms with van der Waals surface area (Å²) in [5.74, 6) is -1.43. The Labute approximate surface area is 156 Å². The average molecular weight is 363 g/mol. The number of ether oxygens (including phenoxy) is 1. The summed E-state index contributed by atoms with van der Waals surface area (Å²) in [6, 6.07) is 18.9. The molecule has 0 radical (unpaired) electrons. The van der Waals surface area contributed by atoms with E-state index in [2.05, 4.69) is 5.32 Å². The quantitative estimate of drug-likeness (QED) is 0.534. The van der Waals surface area contributed by atoms with Crippen molar-refractivity contribution in [2.45, 2.75) is 13.0 Å². The molecular formula is C22H18FNO3. The molecule has 1 amide bonds. The van der Waals surface area contributed by atoms with Crippen LogP contribution in [0.4, 0.5) is 10.1 Å². The predicted octanol–water partition coefficient (Wildman–Crippen LogP) is 4.56. The van der Waals surface area contributed by atoms with Gasteiger partial charge in [0, 0.05) is 17.1 Å². The number of halogens is 1. The van der Waals surface area contributed by atoms with Crippen LogP contribution in [0.15, 0.2) is 72.8 Å². The first-order valence-corrected chi connectivity index (χ1v) is 8.46. The van der Waals surface area contributed by atoms with Gasteiger partial charge in [0.05, 0.1) is 0 Å². The fraction of sp³-hybridized carbons (Fsp3) is 0.0909. The lowest BCUT2D eigenvalue weighted by molar-refractivity contribution is -0.148. The molecule has 0 aliphatic carbocycles. The molecule has 1 atom stereocenters. The molecule has 1 N–H and O–H groups in total. The van der Waals surface area contributed by atoms with Crippen LogP contribution in [0.25, 0.3) is 16.8 Å². The van der Waals surface area contributed by atoms with Crippen LogP contribution in [-0.2, 0) is 14.3 Å². The van der Waals surface area contributed by atoms with Gasteiger partial charge in [0.15, 0.2) is 6.10 Å². The number of amides is 1. The third-order valence-corrected chi connectivity index (χ3v) is 3.99. The zero-order valence-corrected chi connectivity index (χ0v) is 14.7.